The molecule has 0 aliphatic rings. The van der Waals surface area contributed by atoms with Crippen molar-refractivity contribution in [1.82, 2.24) is 20.9 Å². The zero-order valence-electron chi connectivity index (χ0n) is 15.0. The summed E-state index contributed by atoms with van der Waals surface area (Å²) in [5.74, 6) is 0.470. The molecule has 0 aromatic heterocycles. The van der Waals surface area contributed by atoms with Crippen LogP contribution in [0.2, 0.25) is 0 Å². The van der Waals surface area contributed by atoms with Crippen LogP contribution in [0.1, 0.15) is 23.7 Å². The van der Waals surface area contributed by atoms with Crippen molar-refractivity contribution in [3.8, 4) is 0 Å². The minimum Gasteiger partial charge on any atom is -0.357 e. The van der Waals surface area contributed by atoms with E-state index in [1.54, 1.807) is 26.2 Å². The van der Waals surface area contributed by atoms with Crippen molar-refractivity contribution in [2.24, 2.45) is 4.99 Å². The molecule has 25 heavy (non-hydrogen) atoms. The van der Waals surface area contributed by atoms with Gasteiger partial charge in [-0.25, -0.2) is 4.99 Å². The molecule has 3 N–H and O–H groups in total. The smallest absolute Gasteiger partial charge is 0.251 e. The quantitative estimate of drug-likeness (QED) is 0.234. The highest BCUT2D eigenvalue weighted by molar-refractivity contribution is 14.0. The van der Waals surface area contributed by atoms with E-state index in [-0.39, 0.29) is 42.3 Å². The highest BCUT2D eigenvalue weighted by Gasteiger charge is 2.05. The minimum atomic E-state index is -0.0762. The molecule has 0 aliphatic heterocycles. The van der Waals surface area contributed by atoms with Crippen molar-refractivity contribution in [3.05, 3.63) is 35.9 Å². The summed E-state index contributed by atoms with van der Waals surface area (Å²) < 4.78 is 0. The zero-order valence-corrected chi connectivity index (χ0v) is 17.4. The molecule has 0 saturated heterocycles. The molecule has 0 atom stereocenters. The van der Waals surface area contributed by atoms with Crippen molar-refractivity contribution in [2.75, 3.05) is 40.3 Å². The van der Waals surface area contributed by atoms with Crippen molar-refractivity contribution in [3.63, 3.8) is 0 Å². The molecule has 0 fully saturated rings. The zero-order chi connectivity index (χ0) is 17.8. The molecule has 0 unspecified atom stereocenters. The lowest BCUT2D eigenvalue weighted by Gasteiger charge is -2.13. The first kappa shape index (κ1) is 23.2. The topological polar surface area (TPSA) is 85.8 Å². The Kier molecular flexibility index (Phi) is 12.5. The molecule has 0 radical (unpaired) electrons. The second-order valence-electron chi connectivity index (χ2n) is 5.39. The summed E-state index contributed by atoms with van der Waals surface area (Å²) >= 11 is 0. The fraction of sp³-hybridized carbons (Fsp3) is 0.471. The number of nitrogens with zero attached hydrogens (tertiary/aromatic N) is 2. The van der Waals surface area contributed by atoms with Crippen molar-refractivity contribution in [1.29, 1.82) is 0 Å². The van der Waals surface area contributed by atoms with Gasteiger partial charge in [0, 0.05) is 39.3 Å². The number of carbonyl (C=O) groups excluding carboxylic acids is 2. The molecule has 8 heteroatoms. The molecule has 7 nitrogen and oxygen atoms in total. The van der Waals surface area contributed by atoms with E-state index < -0.39 is 0 Å². The van der Waals surface area contributed by atoms with Gasteiger partial charge in [0.05, 0.1) is 0 Å². The monoisotopic (exact) mass is 461 g/mol. The maximum absolute atomic E-state index is 11.9. The first-order valence-electron chi connectivity index (χ1n) is 8.10. The molecule has 0 spiro atoms. The van der Waals surface area contributed by atoms with E-state index in [0.717, 1.165) is 6.42 Å². The summed E-state index contributed by atoms with van der Waals surface area (Å²) in [7, 11) is 3.40. The van der Waals surface area contributed by atoms with Crippen LogP contribution in [0.15, 0.2) is 35.3 Å². The van der Waals surface area contributed by atoms with Gasteiger partial charge in [0.15, 0.2) is 5.96 Å². The van der Waals surface area contributed by atoms with Gasteiger partial charge in [-0.2, -0.15) is 0 Å². The lowest BCUT2D eigenvalue weighted by Crippen LogP contribution is -2.39. The van der Waals surface area contributed by atoms with Gasteiger partial charge >= 0.3 is 0 Å². The molecule has 140 valence electrons. The van der Waals surface area contributed by atoms with E-state index in [0.29, 0.717) is 31.2 Å². The largest absolute Gasteiger partial charge is 0.357 e. The standard InChI is InChI=1S/C17H27N5O2.HI/c1-4-18-17(21-13-15(23)22(2)3)20-12-8-11-19-16(24)14-9-6-5-7-10-14;/h5-7,9-10H,4,8,11-13H2,1-3H3,(H,19,24)(H2,18,20,21);1H. The maximum Gasteiger partial charge on any atom is 0.251 e. The lowest BCUT2D eigenvalue weighted by atomic mass is 10.2. The Morgan fingerprint density at radius 3 is 2.28 bits per heavy atom. The number of likely N-dealkylation sites (N-methyl/N-ethyl adjacent to an activating group) is 1. The van der Waals surface area contributed by atoms with Crippen LogP contribution in [0.3, 0.4) is 0 Å². The normalized spacial score (nSPS) is 10.4. The molecular weight excluding hydrogens is 433 g/mol. The van der Waals surface area contributed by atoms with Crippen LogP contribution in [0, 0.1) is 0 Å². The molecule has 1 aromatic carbocycles. The van der Waals surface area contributed by atoms with Gasteiger partial charge in [0.25, 0.3) is 5.91 Å². The molecule has 1 aromatic rings. The average Bonchev–Trinajstić information content (AvgIpc) is 2.59. The highest BCUT2D eigenvalue weighted by Crippen LogP contribution is 1.97. The lowest BCUT2D eigenvalue weighted by molar-refractivity contribution is -0.127. The SMILES string of the molecule is CCNC(=NCC(=O)N(C)C)NCCCNC(=O)c1ccccc1.I. The summed E-state index contributed by atoms with van der Waals surface area (Å²) in [5.41, 5.74) is 0.655. The fourth-order valence-electron chi connectivity index (χ4n) is 1.82. The number of guanidine groups is 1. The van der Waals surface area contributed by atoms with Gasteiger partial charge < -0.3 is 20.9 Å². The number of benzene rings is 1. The molecule has 0 saturated carbocycles. The Morgan fingerprint density at radius 1 is 1.04 bits per heavy atom. The van der Waals surface area contributed by atoms with Crippen LogP contribution in [0.25, 0.3) is 0 Å². The molecular formula is C17H28IN5O2. The molecule has 0 heterocycles. The average molecular weight is 461 g/mol. The predicted molar refractivity (Wildman–Crippen MR) is 111 cm³/mol. The Labute approximate surface area is 166 Å². The Balaban J connectivity index is 0.00000576. The van der Waals surface area contributed by atoms with E-state index >= 15 is 0 Å². The van der Waals surface area contributed by atoms with E-state index in [2.05, 4.69) is 20.9 Å². The molecule has 2 amide bonds. The van der Waals surface area contributed by atoms with Gasteiger partial charge in [-0.15, -0.1) is 24.0 Å². The minimum absolute atomic E-state index is 0. The first-order chi connectivity index (χ1) is 11.5. The number of nitrogens with one attached hydrogen (secondary N) is 3. The molecule has 0 bridgehead atoms. The number of hydrogen-bond acceptors (Lipinski definition) is 3. The first-order valence-corrected chi connectivity index (χ1v) is 8.10. The van der Waals surface area contributed by atoms with Crippen LogP contribution < -0.4 is 16.0 Å². The van der Waals surface area contributed by atoms with E-state index in [4.69, 9.17) is 0 Å². The van der Waals surface area contributed by atoms with Crippen LogP contribution in [-0.2, 0) is 4.79 Å². The van der Waals surface area contributed by atoms with Crippen LogP contribution in [0.5, 0.6) is 0 Å². The van der Waals surface area contributed by atoms with Gasteiger partial charge in [-0.3, -0.25) is 9.59 Å². The highest BCUT2D eigenvalue weighted by atomic mass is 127. The van der Waals surface area contributed by atoms with E-state index in [9.17, 15) is 9.59 Å². The van der Waals surface area contributed by atoms with Crippen LogP contribution in [0.4, 0.5) is 0 Å². The molecule has 0 aliphatic carbocycles. The van der Waals surface area contributed by atoms with E-state index in [1.807, 2.05) is 25.1 Å². The van der Waals surface area contributed by atoms with Crippen molar-refractivity contribution in [2.45, 2.75) is 13.3 Å². The van der Waals surface area contributed by atoms with Gasteiger partial charge in [-0.1, -0.05) is 18.2 Å². The number of amides is 2. The van der Waals surface area contributed by atoms with Gasteiger partial charge in [0.2, 0.25) is 5.91 Å². The van der Waals surface area contributed by atoms with Crippen LogP contribution in [-0.4, -0.2) is 62.9 Å². The third kappa shape index (κ3) is 9.90. The second-order valence-corrected chi connectivity index (χ2v) is 5.39. The maximum atomic E-state index is 11.9. The number of halogens is 1. The summed E-state index contributed by atoms with van der Waals surface area (Å²) in [5, 5.41) is 9.10. The Morgan fingerprint density at radius 2 is 1.68 bits per heavy atom. The fourth-order valence-corrected chi connectivity index (χ4v) is 1.82. The van der Waals surface area contributed by atoms with E-state index in [1.165, 1.54) is 4.90 Å². The van der Waals surface area contributed by atoms with Crippen molar-refractivity contribution >= 4 is 41.8 Å². The number of aliphatic imine (C=N–C) groups is 1. The summed E-state index contributed by atoms with van der Waals surface area (Å²) in [6.45, 7) is 4.00. The number of carbonyl (C=O) groups is 2. The third-order valence-electron chi connectivity index (χ3n) is 3.18. The van der Waals surface area contributed by atoms with Gasteiger partial charge in [-0.05, 0) is 25.5 Å². The summed E-state index contributed by atoms with van der Waals surface area (Å²) in [6.07, 6.45) is 0.755. The Hall–Kier alpha value is -1.84. The predicted octanol–water partition coefficient (Wildman–Crippen LogP) is 1.07. The third-order valence-corrected chi connectivity index (χ3v) is 3.18. The Bertz CT molecular complexity index is 549. The second kappa shape index (κ2) is 13.5. The van der Waals surface area contributed by atoms with Crippen LogP contribution >= 0.6 is 24.0 Å². The number of rotatable bonds is 8. The molecule has 1 rings (SSSR count). The van der Waals surface area contributed by atoms with Gasteiger partial charge in [0.1, 0.15) is 6.54 Å². The number of hydrogen-bond donors (Lipinski definition) is 3. The van der Waals surface area contributed by atoms with Crippen molar-refractivity contribution < 1.29 is 9.59 Å². The summed E-state index contributed by atoms with van der Waals surface area (Å²) in [6, 6.07) is 9.12. The summed E-state index contributed by atoms with van der Waals surface area (Å²) in [4.78, 5) is 29.2.